The highest BCUT2D eigenvalue weighted by molar-refractivity contribution is 5.79. The van der Waals surface area contributed by atoms with Crippen molar-refractivity contribution in [2.45, 2.75) is 46.1 Å². The first-order chi connectivity index (χ1) is 12.5. The third-order valence-electron chi connectivity index (χ3n) is 4.41. The molecule has 2 rings (SSSR count). The number of aliphatic imine (C=N–C) groups is 1. The van der Waals surface area contributed by atoms with E-state index < -0.39 is 0 Å². The molecule has 6 nitrogen and oxygen atoms in total. The predicted molar refractivity (Wildman–Crippen MR) is 107 cm³/mol. The Hall–Kier alpha value is -2.37. The van der Waals surface area contributed by atoms with Gasteiger partial charge in [-0.3, -0.25) is 9.67 Å². The van der Waals surface area contributed by atoms with Gasteiger partial charge in [0, 0.05) is 27.2 Å². The zero-order valence-corrected chi connectivity index (χ0v) is 16.7. The third kappa shape index (κ3) is 5.86. The maximum atomic E-state index is 4.76. The SMILES string of the molecule is CCNC(=NCCCc1ccc(C(C)C)cc1)N(C)Cc1ncnn1C. The lowest BCUT2D eigenvalue weighted by Crippen LogP contribution is -2.39. The summed E-state index contributed by atoms with van der Waals surface area (Å²) >= 11 is 0. The molecule has 0 atom stereocenters. The van der Waals surface area contributed by atoms with Crippen LogP contribution in [0.3, 0.4) is 0 Å². The number of hydrogen-bond donors (Lipinski definition) is 1. The van der Waals surface area contributed by atoms with Crippen LogP contribution in [-0.4, -0.2) is 45.8 Å². The molecule has 0 unspecified atom stereocenters. The van der Waals surface area contributed by atoms with E-state index in [1.807, 2.05) is 14.1 Å². The number of benzene rings is 1. The number of guanidine groups is 1. The van der Waals surface area contributed by atoms with Crippen molar-refractivity contribution >= 4 is 5.96 Å². The molecule has 1 aromatic heterocycles. The fourth-order valence-electron chi connectivity index (χ4n) is 2.76. The molecule has 0 aliphatic heterocycles. The predicted octanol–water partition coefficient (Wildman–Crippen LogP) is 2.97. The average molecular weight is 357 g/mol. The first-order valence-electron chi connectivity index (χ1n) is 9.42. The van der Waals surface area contributed by atoms with Crippen molar-refractivity contribution in [1.82, 2.24) is 25.0 Å². The number of hydrogen-bond acceptors (Lipinski definition) is 3. The van der Waals surface area contributed by atoms with Gasteiger partial charge in [0.2, 0.25) is 0 Å². The molecule has 0 fully saturated rings. The van der Waals surface area contributed by atoms with Crippen LogP contribution >= 0.6 is 0 Å². The monoisotopic (exact) mass is 356 g/mol. The van der Waals surface area contributed by atoms with Gasteiger partial charge in [-0.1, -0.05) is 38.1 Å². The number of rotatable bonds is 8. The van der Waals surface area contributed by atoms with Gasteiger partial charge in [-0.2, -0.15) is 5.10 Å². The van der Waals surface area contributed by atoms with E-state index in [1.54, 1.807) is 11.0 Å². The molecule has 142 valence electrons. The Morgan fingerprint density at radius 2 is 2.00 bits per heavy atom. The summed E-state index contributed by atoms with van der Waals surface area (Å²) < 4.78 is 1.79. The summed E-state index contributed by atoms with van der Waals surface area (Å²) in [6.07, 6.45) is 3.67. The van der Waals surface area contributed by atoms with E-state index in [2.05, 4.69) is 65.3 Å². The molecular formula is C20H32N6. The van der Waals surface area contributed by atoms with Gasteiger partial charge < -0.3 is 10.2 Å². The minimum absolute atomic E-state index is 0.584. The normalized spacial score (nSPS) is 11.8. The Bertz CT molecular complexity index is 687. The lowest BCUT2D eigenvalue weighted by Gasteiger charge is -2.21. The lowest BCUT2D eigenvalue weighted by atomic mass is 10.0. The smallest absolute Gasteiger partial charge is 0.194 e. The van der Waals surface area contributed by atoms with Crippen LogP contribution in [0.2, 0.25) is 0 Å². The van der Waals surface area contributed by atoms with Gasteiger partial charge in [0.15, 0.2) is 5.96 Å². The Balaban J connectivity index is 1.86. The first kappa shape index (κ1) is 19.9. The van der Waals surface area contributed by atoms with Crippen molar-refractivity contribution in [3.05, 3.63) is 47.5 Å². The van der Waals surface area contributed by atoms with Crippen molar-refractivity contribution in [2.75, 3.05) is 20.1 Å². The summed E-state index contributed by atoms with van der Waals surface area (Å²) in [6.45, 7) is 8.87. The second-order valence-electron chi connectivity index (χ2n) is 6.89. The Morgan fingerprint density at radius 3 is 2.58 bits per heavy atom. The molecule has 1 heterocycles. The van der Waals surface area contributed by atoms with Crippen LogP contribution < -0.4 is 5.32 Å². The van der Waals surface area contributed by atoms with Crippen LogP contribution in [0.4, 0.5) is 0 Å². The highest BCUT2D eigenvalue weighted by atomic mass is 15.4. The highest BCUT2D eigenvalue weighted by Crippen LogP contribution is 2.15. The molecule has 0 bridgehead atoms. The first-order valence-corrected chi connectivity index (χ1v) is 9.42. The molecule has 6 heteroatoms. The van der Waals surface area contributed by atoms with Crippen molar-refractivity contribution < 1.29 is 0 Å². The van der Waals surface area contributed by atoms with Gasteiger partial charge >= 0.3 is 0 Å². The van der Waals surface area contributed by atoms with E-state index in [9.17, 15) is 0 Å². The van der Waals surface area contributed by atoms with E-state index in [1.165, 1.54) is 11.1 Å². The minimum atomic E-state index is 0.584. The van der Waals surface area contributed by atoms with E-state index in [0.717, 1.165) is 37.7 Å². The second-order valence-corrected chi connectivity index (χ2v) is 6.89. The molecule has 0 saturated carbocycles. The summed E-state index contributed by atoms with van der Waals surface area (Å²) in [5.41, 5.74) is 2.77. The van der Waals surface area contributed by atoms with Crippen LogP contribution in [-0.2, 0) is 20.0 Å². The van der Waals surface area contributed by atoms with Crippen molar-refractivity contribution in [3.63, 3.8) is 0 Å². The fraction of sp³-hybridized carbons (Fsp3) is 0.550. The summed E-state index contributed by atoms with van der Waals surface area (Å²) in [7, 11) is 3.94. The molecule has 0 aliphatic rings. The molecule has 0 spiro atoms. The van der Waals surface area contributed by atoms with E-state index in [4.69, 9.17) is 4.99 Å². The molecule has 0 amide bonds. The van der Waals surface area contributed by atoms with Gasteiger partial charge in [0.25, 0.3) is 0 Å². The van der Waals surface area contributed by atoms with Gasteiger partial charge in [0.1, 0.15) is 12.2 Å². The zero-order chi connectivity index (χ0) is 18.9. The lowest BCUT2D eigenvalue weighted by molar-refractivity contribution is 0.448. The van der Waals surface area contributed by atoms with Gasteiger partial charge in [-0.25, -0.2) is 4.98 Å². The molecule has 26 heavy (non-hydrogen) atoms. The van der Waals surface area contributed by atoms with Crippen molar-refractivity contribution in [2.24, 2.45) is 12.0 Å². The maximum Gasteiger partial charge on any atom is 0.194 e. The van der Waals surface area contributed by atoms with Crippen molar-refractivity contribution in [3.8, 4) is 0 Å². The Morgan fingerprint density at radius 1 is 1.27 bits per heavy atom. The van der Waals surface area contributed by atoms with Crippen LogP contribution in [0.1, 0.15) is 50.1 Å². The fourth-order valence-corrected chi connectivity index (χ4v) is 2.76. The molecule has 0 radical (unpaired) electrons. The van der Waals surface area contributed by atoms with E-state index >= 15 is 0 Å². The maximum absolute atomic E-state index is 4.76. The van der Waals surface area contributed by atoms with Gasteiger partial charge in [-0.05, 0) is 36.8 Å². The molecular weight excluding hydrogens is 324 g/mol. The van der Waals surface area contributed by atoms with Crippen LogP contribution in [0, 0.1) is 0 Å². The van der Waals surface area contributed by atoms with Crippen LogP contribution in [0.5, 0.6) is 0 Å². The van der Waals surface area contributed by atoms with E-state index in [-0.39, 0.29) is 0 Å². The average Bonchev–Trinajstić information content (AvgIpc) is 3.02. The summed E-state index contributed by atoms with van der Waals surface area (Å²) in [5, 5.41) is 7.47. The zero-order valence-electron chi connectivity index (χ0n) is 16.7. The number of aryl methyl sites for hydroxylation is 2. The highest BCUT2D eigenvalue weighted by Gasteiger charge is 2.09. The van der Waals surface area contributed by atoms with Gasteiger partial charge in [-0.15, -0.1) is 0 Å². The molecule has 0 saturated heterocycles. The topological polar surface area (TPSA) is 58.3 Å². The van der Waals surface area contributed by atoms with Crippen LogP contribution in [0.15, 0.2) is 35.6 Å². The number of aromatic nitrogens is 3. The number of nitrogens with one attached hydrogen (secondary N) is 1. The standard InChI is InChI=1S/C20H32N6/c1-6-21-20(25(4)14-19-23-15-24-26(19)5)22-13-7-8-17-9-11-18(12-10-17)16(2)3/h9-12,15-16H,6-8,13-14H2,1-5H3,(H,21,22). The van der Waals surface area contributed by atoms with E-state index in [0.29, 0.717) is 12.5 Å². The molecule has 1 aromatic carbocycles. The minimum Gasteiger partial charge on any atom is -0.357 e. The molecule has 1 N–H and O–H groups in total. The molecule has 2 aromatic rings. The molecule has 0 aliphatic carbocycles. The van der Waals surface area contributed by atoms with Gasteiger partial charge in [0.05, 0.1) is 6.54 Å². The summed E-state index contributed by atoms with van der Waals surface area (Å²) in [4.78, 5) is 11.1. The summed E-state index contributed by atoms with van der Waals surface area (Å²) in [5.74, 6) is 2.41. The Labute approximate surface area is 157 Å². The Kier molecular flexibility index (Phi) is 7.63. The summed E-state index contributed by atoms with van der Waals surface area (Å²) in [6, 6.07) is 8.96. The second kappa shape index (κ2) is 9.94. The van der Waals surface area contributed by atoms with Crippen molar-refractivity contribution in [1.29, 1.82) is 0 Å². The quantitative estimate of drug-likeness (QED) is 0.449. The van der Waals surface area contributed by atoms with Crippen LogP contribution in [0.25, 0.3) is 0 Å². The largest absolute Gasteiger partial charge is 0.357 e. The number of nitrogens with zero attached hydrogens (tertiary/aromatic N) is 5. The third-order valence-corrected chi connectivity index (χ3v) is 4.41.